The van der Waals surface area contributed by atoms with Gasteiger partial charge in [-0.3, -0.25) is 4.79 Å². The smallest absolute Gasteiger partial charge is 0.302 e. The summed E-state index contributed by atoms with van der Waals surface area (Å²) in [6, 6.07) is 22.8. The summed E-state index contributed by atoms with van der Waals surface area (Å²) in [5.41, 5.74) is 2.91. The van der Waals surface area contributed by atoms with Crippen molar-refractivity contribution in [3.63, 3.8) is 0 Å². The van der Waals surface area contributed by atoms with E-state index in [1.54, 1.807) is 17.7 Å². The van der Waals surface area contributed by atoms with Gasteiger partial charge >= 0.3 is 5.91 Å². The highest BCUT2D eigenvalue weighted by Crippen LogP contribution is 2.39. The van der Waals surface area contributed by atoms with Crippen LogP contribution in [-0.2, 0) is 11.8 Å². The van der Waals surface area contributed by atoms with Gasteiger partial charge in [0.15, 0.2) is 12.3 Å². The number of hydrogen-bond acceptors (Lipinski definition) is 4. The lowest BCUT2D eigenvalue weighted by Gasteiger charge is -2.10. The number of para-hydroxylation sites is 1. The molecule has 0 atom stereocenters. The average Bonchev–Trinajstić information content (AvgIpc) is 3.00. The van der Waals surface area contributed by atoms with Crippen LogP contribution in [0.15, 0.2) is 87.5 Å². The predicted octanol–water partition coefficient (Wildman–Crippen LogP) is 6.00. The summed E-state index contributed by atoms with van der Waals surface area (Å²) < 4.78 is 8.13. The number of aryl methyl sites for hydroxylation is 1. The van der Waals surface area contributed by atoms with Crippen LogP contribution in [0, 0.1) is 0 Å². The van der Waals surface area contributed by atoms with Crippen LogP contribution in [0.3, 0.4) is 0 Å². The van der Waals surface area contributed by atoms with Crippen molar-refractivity contribution in [3.8, 4) is 22.8 Å². The first kappa shape index (κ1) is 19.8. The van der Waals surface area contributed by atoms with E-state index in [1.807, 2.05) is 66.7 Å². The molecular formula is C23H18BrN3O3. The molecule has 30 heavy (non-hydrogen) atoms. The van der Waals surface area contributed by atoms with Crippen LogP contribution in [0.25, 0.3) is 22.0 Å². The minimum Gasteiger partial charge on any atom is -0.493 e. The zero-order valence-electron chi connectivity index (χ0n) is 16.1. The molecule has 0 spiro atoms. The molecule has 0 fully saturated rings. The quantitative estimate of drug-likeness (QED) is 0.368. The van der Waals surface area contributed by atoms with Crippen molar-refractivity contribution in [2.45, 2.75) is 0 Å². The van der Waals surface area contributed by atoms with Gasteiger partial charge in [-0.2, -0.15) is 0 Å². The molecule has 0 saturated carbocycles. The number of carbonyl (C=O) groups excluding carboxylic acids is 1. The lowest BCUT2D eigenvalue weighted by molar-refractivity contribution is -0.120. The first-order valence-electron chi connectivity index (χ1n) is 9.23. The molecule has 0 aliphatic carbocycles. The molecule has 4 aromatic rings. The zero-order valence-corrected chi connectivity index (χ0v) is 17.7. The van der Waals surface area contributed by atoms with Crippen LogP contribution < -0.4 is 4.74 Å². The number of halogens is 1. The third-order valence-corrected chi connectivity index (χ3v) is 5.18. The molecule has 0 saturated heterocycles. The van der Waals surface area contributed by atoms with Crippen molar-refractivity contribution < 1.29 is 14.6 Å². The Morgan fingerprint density at radius 1 is 1.07 bits per heavy atom. The van der Waals surface area contributed by atoms with E-state index >= 15 is 0 Å². The largest absolute Gasteiger partial charge is 0.493 e. The topological polar surface area (TPSA) is 76.2 Å². The predicted molar refractivity (Wildman–Crippen MR) is 119 cm³/mol. The van der Waals surface area contributed by atoms with E-state index in [4.69, 9.17) is 4.74 Å². The summed E-state index contributed by atoms with van der Waals surface area (Å²) in [5, 5.41) is 18.8. The fraction of sp³-hybridized carbons (Fsp3) is 0.0870. The summed E-state index contributed by atoms with van der Waals surface area (Å²) in [4.78, 5) is 12.3. The van der Waals surface area contributed by atoms with Crippen LogP contribution in [0.5, 0.6) is 11.6 Å². The van der Waals surface area contributed by atoms with E-state index in [2.05, 4.69) is 26.2 Å². The lowest BCUT2D eigenvalue weighted by atomic mass is 10.1. The number of ether oxygens (including phenoxy) is 1. The fourth-order valence-electron chi connectivity index (χ4n) is 3.21. The molecule has 1 amide bonds. The summed E-state index contributed by atoms with van der Waals surface area (Å²) in [5.74, 6) is -0.0246. The second-order valence-corrected chi connectivity index (χ2v) is 7.55. The normalized spacial score (nSPS) is 11.3. The Morgan fingerprint density at radius 3 is 2.60 bits per heavy atom. The van der Waals surface area contributed by atoms with E-state index in [0.717, 1.165) is 21.1 Å². The van der Waals surface area contributed by atoms with Crippen LogP contribution in [-0.4, -0.2) is 22.2 Å². The summed E-state index contributed by atoms with van der Waals surface area (Å²) in [6.07, 6.45) is 0. The number of azo groups is 1. The number of amides is 1. The Hall–Kier alpha value is -3.45. The minimum absolute atomic E-state index is 0.0602. The Morgan fingerprint density at radius 2 is 1.80 bits per heavy atom. The van der Waals surface area contributed by atoms with Gasteiger partial charge in [-0.05, 0) is 29.8 Å². The van der Waals surface area contributed by atoms with Gasteiger partial charge < -0.3 is 14.4 Å². The lowest BCUT2D eigenvalue weighted by Crippen LogP contribution is -2.08. The Balaban J connectivity index is 1.52. The van der Waals surface area contributed by atoms with Crippen molar-refractivity contribution in [1.29, 1.82) is 0 Å². The minimum atomic E-state index is -0.552. The van der Waals surface area contributed by atoms with Crippen LogP contribution in [0.2, 0.25) is 0 Å². The van der Waals surface area contributed by atoms with Crippen molar-refractivity contribution >= 4 is 38.4 Å². The Bertz CT molecular complexity index is 1250. The van der Waals surface area contributed by atoms with Crippen molar-refractivity contribution in [2.75, 3.05) is 6.61 Å². The second kappa shape index (κ2) is 8.51. The number of benzene rings is 3. The molecule has 0 bridgehead atoms. The number of aromatic hydroxyl groups is 1. The molecule has 1 heterocycles. The van der Waals surface area contributed by atoms with Crippen LogP contribution in [0.4, 0.5) is 5.69 Å². The molecule has 6 nitrogen and oxygen atoms in total. The number of aromatic nitrogens is 1. The van der Waals surface area contributed by atoms with Crippen LogP contribution >= 0.6 is 15.9 Å². The van der Waals surface area contributed by atoms with E-state index in [0.29, 0.717) is 11.1 Å². The van der Waals surface area contributed by atoms with Gasteiger partial charge in [-0.25, -0.2) is 0 Å². The number of hydrogen-bond donors (Lipinski definition) is 1. The number of nitrogens with zero attached hydrogens (tertiary/aromatic N) is 3. The van der Waals surface area contributed by atoms with E-state index in [9.17, 15) is 9.90 Å². The molecule has 7 heteroatoms. The second-order valence-electron chi connectivity index (χ2n) is 6.64. The number of carbonyl (C=O) groups is 1. The maximum absolute atomic E-state index is 12.3. The molecule has 3 aromatic carbocycles. The Labute approximate surface area is 181 Å². The van der Waals surface area contributed by atoms with Gasteiger partial charge in [0, 0.05) is 22.5 Å². The maximum atomic E-state index is 12.3. The van der Waals surface area contributed by atoms with Gasteiger partial charge in [-0.1, -0.05) is 64.5 Å². The van der Waals surface area contributed by atoms with Crippen LogP contribution in [0.1, 0.15) is 0 Å². The van der Waals surface area contributed by atoms with Crippen molar-refractivity contribution in [1.82, 2.24) is 4.57 Å². The van der Waals surface area contributed by atoms with Crippen molar-refractivity contribution in [2.24, 2.45) is 17.3 Å². The summed E-state index contributed by atoms with van der Waals surface area (Å²) >= 11 is 3.41. The monoisotopic (exact) mass is 463 g/mol. The zero-order chi connectivity index (χ0) is 21.1. The SMILES string of the molecule is Cn1c(O)c(N=NC(=O)COc2ccccc2-c2ccccc2)c2cc(Br)ccc21. The Kier molecular flexibility index (Phi) is 5.63. The highest BCUT2D eigenvalue weighted by atomic mass is 79.9. The highest BCUT2D eigenvalue weighted by molar-refractivity contribution is 9.10. The molecule has 150 valence electrons. The van der Waals surface area contributed by atoms with Gasteiger partial charge in [-0.15, -0.1) is 10.2 Å². The molecule has 1 N–H and O–H groups in total. The average molecular weight is 464 g/mol. The molecule has 0 aliphatic rings. The van der Waals surface area contributed by atoms with E-state index < -0.39 is 5.91 Å². The van der Waals surface area contributed by atoms with Gasteiger partial charge in [0.05, 0.1) is 5.52 Å². The molecule has 0 radical (unpaired) electrons. The summed E-state index contributed by atoms with van der Waals surface area (Å²) in [7, 11) is 1.72. The number of fused-ring (bicyclic) bond motifs is 1. The fourth-order valence-corrected chi connectivity index (χ4v) is 3.57. The standard InChI is InChI=1S/C23H18BrN3O3/c1-27-19-12-11-16(24)13-18(19)22(23(27)29)26-25-21(28)14-30-20-10-6-5-9-17(20)15-7-3-2-4-8-15/h2-13,29H,14H2,1H3. The summed E-state index contributed by atoms with van der Waals surface area (Å²) in [6.45, 7) is -0.261. The number of rotatable bonds is 5. The van der Waals surface area contributed by atoms with E-state index in [-0.39, 0.29) is 18.2 Å². The van der Waals surface area contributed by atoms with E-state index in [1.165, 1.54) is 0 Å². The first-order chi connectivity index (χ1) is 14.5. The maximum Gasteiger partial charge on any atom is 0.302 e. The van der Waals surface area contributed by atoms with Gasteiger partial charge in [0.25, 0.3) is 0 Å². The molecule has 0 aliphatic heterocycles. The van der Waals surface area contributed by atoms with Crippen molar-refractivity contribution in [3.05, 3.63) is 77.3 Å². The molecular weight excluding hydrogens is 446 g/mol. The molecule has 4 rings (SSSR count). The van der Waals surface area contributed by atoms with Gasteiger partial charge in [0.1, 0.15) is 5.75 Å². The third kappa shape index (κ3) is 3.97. The molecule has 1 aromatic heterocycles. The first-order valence-corrected chi connectivity index (χ1v) is 10.0. The molecule has 0 unspecified atom stereocenters. The third-order valence-electron chi connectivity index (χ3n) is 4.69. The highest BCUT2D eigenvalue weighted by Gasteiger charge is 2.15. The van der Waals surface area contributed by atoms with Gasteiger partial charge in [0.2, 0.25) is 5.88 Å².